The number of hydrogen-bond donors (Lipinski definition) is 2. The van der Waals surface area contributed by atoms with E-state index in [1.54, 1.807) is 11.8 Å². The predicted molar refractivity (Wildman–Crippen MR) is 106 cm³/mol. The highest BCUT2D eigenvalue weighted by molar-refractivity contribution is 8.00. The van der Waals surface area contributed by atoms with Gasteiger partial charge in [0.25, 0.3) is 0 Å². The van der Waals surface area contributed by atoms with Crippen molar-refractivity contribution in [3.63, 3.8) is 0 Å². The summed E-state index contributed by atoms with van der Waals surface area (Å²) >= 11 is 1.55. The van der Waals surface area contributed by atoms with Crippen molar-refractivity contribution in [3.8, 4) is 0 Å². The maximum atomic E-state index is 12.3. The molecule has 1 saturated carbocycles. The molecular formula is C21H24N2O2S. The second kappa shape index (κ2) is 8.41. The summed E-state index contributed by atoms with van der Waals surface area (Å²) in [7, 11) is 0. The normalized spacial score (nSPS) is 14.5. The molecular weight excluding hydrogens is 344 g/mol. The van der Waals surface area contributed by atoms with Crippen LogP contribution in [0.4, 0.5) is 5.69 Å². The molecule has 1 atom stereocenters. The number of anilines is 1. The van der Waals surface area contributed by atoms with E-state index in [1.807, 2.05) is 62.4 Å². The molecule has 26 heavy (non-hydrogen) atoms. The number of aryl methyl sites for hydroxylation is 1. The Bertz CT molecular complexity index is 785. The Hall–Kier alpha value is -2.27. The minimum absolute atomic E-state index is 0.00277. The van der Waals surface area contributed by atoms with Crippen LogP contribution in [0.3, 0.4) is 0 Å². The van der Waals surface area contributed by atoms with Crippen LogP contribution < -0.4 is 10.6 Å². The molecule has 136 valence electrons. The molecule has 0 bridgehead atoms. The molecule has 1 aliphatic rings. The van der Waals surface area contributed by atoms with Crippen molar-refractivity contribution in [2.24, 2.45) is 5.92 Å². The van der Waals surface area contributed by atoms with Crippen LogP contribution in [0, 0.1) is 12.8 Å². The lowest BCUT2D eigenvalue weighted by Crippen LogP contribution is -2.30. The first-order chi connectivity index (χ1) is 12.5. The fourth-order valence-electron chi connectivity index (χ4n) is 2.56. The third-order valence-electron chi connectivity index (χ3n) is 4.31. The van der Waals surface area contributed by atoms with E-state index in [0.29, 0.717) is 6.54 Å². The first-order valence-corrected chi connectivity index (χ1v) is 9.80. The van der Waals surface area contributed by atoms with Crippen LogP contribution in [0.15, 0.2) is 53.4 Å². The van der Waals surface area contributed by atoms with Crippen molar-refractivity contribution >= 4 is 29.3 Å². The van der Waals surface area contributed by atoms with Gasteiger partial charge in [-0.05, 0) is 56.5 Å². The van der Waals surface area contributed by atoms with Crippen molar-refractivity contribution in [2.45, 2.75) is 43.4 Å². The number of thioether (sulfide) groups is 1. The minimum Gasteiger partial charge on any atom is -0.351 e. The molecule has 1 fully saturated rings. The minimum atomic E-state index is -0.171. The summed E-state index contributed by atoms with van der Waals surface area (Å²) in [6, 6.07) is 15.8. The van der Waals surface area contributed by atoms with Crippen molar-refractivity contribution < 1.29 is 9.59 Å². The quantitative estimate of drug-likeness (QED) is 0.722. The molecule has 0 heterocycles. The average molecular weight is 369 g/mol. The highest BCUT2D eigenvalue weighted by Gasteiger charge is 2.29. The lowest BCUT2D eigenvalue weighted by Gasteiger charge is -2.13. The van der Waals surface area contributed by atoms with Crippen LogP contribution >= 0.6 is 11.8 Å². The van der Waals surface area contributed by atoms with Crippen molar-refractivity contribution in [3.05, 3.63) is 59.7 Å². The zero-order valence-corrected chi connectivity index (χ0v) is 15.9. The van der Waals surface area contributed by atoms with E-state index in [2.05, 4.69) is 10.6 Å². The summed E-state index contributed by atoms with van der Waals surface area (Å²) in [5.74, 6) is 0.273. The third-order valence-corrected chi connectivity index (χ3v) is 5.42. The molecule has 0 aliphatic heterocycles. The van der Waals surface area contributed by atoms with Gasteiger partial charge in [0, 0.05) is 23.0 Å². The Morgan fingerprint density at radius 3 is 2.58 bits per heavy atom. The van der Waals surface area contributed by atoms with Crippen LogP contribution in [0.5, 0.6) is 0 Å². The third kappa shape index (κ3) is 5.36. The fraction of sp³-hybridized carbons (Fsp3) is 0.333. The summed E-state index contributed by atoms with van der Waals surface area (Å²) < 4.78 is 0. The Morgan fingerprint density at radius 2 is 1.88 bits per heavy atom. The summed E-state index contributed by atoms with van der Waals surface area (Å²) in [5, 5.41) is 5.74. The Kier molecular flexibility index (Phi) is 5.99. The van der Waals surface area contributed by atoms with Crippen molar-refractivity contribution in [2.75, 3.05) is 5.32 Å². The number of rotatable bonds is 7. The number of carbonyl (C=O) groups excluding carboxylic acids is 2. The average Bonchev–Trinajstić information content (AvgIpc) is 3.47. The largest absolute Gasteiger partial charge is 0.351 e. The van der Waals surface area contributed by atoms with Gasteiger partial charge >= 0.3 is 0 Å². The highest BCUT2D eigenvalue weighted by atomic mass is 32.2. The molecule has 0 aromatic heterocycles. The van der Waals surface area contributed by atoms with Gasteiger partial charge in [-0.2, -0.15) is 0 Å². The van der Waals surface area contributed by atoms with Crippen LogP contribution in [0.1, 0.15) is 30.9 Å². The SMILES string of the molecule is Cc1ccc(S[C@@H](C)C(=O)NCc2cccc(NC(=O)C3CC3)c2)cc1. The van der Waals surface area contributed by atoms with E-state index in [9.17, 15) is 9.59 Å². The van der Waals surface area contributed by atoms with Gasteiger partial charge in [0.15, 0.2) is 0 Å². The lowest BCUT2D eigenvalue weighted by molar-refractivity contribution is -0.120. The van der Waals surface area contributed by atoms with E-state index in [-0.39, 0.29) is 23.0 Å². The van der Waals surface area contributed by atoms with E-state index < -0.39 is 0 Å². The number of carbonyl (C=O) groups is 2. The summed E-state index contributed by atoms with van der Waals surface area (Å²) in [6.45, 7) is 4.41. The van der Waals surface area contributed by atoms with Crippen LogP contribution in [-0.2, 0) is 16.1 Å². The van der Waals surface area contributed by atoms with Crippen molar-refractivity contribution in [1.82, 2.24) is 5.32 Å². The smallest absolute Gasteiger partial charge is 0.233 e. The van der Waals surface area contributed by atoms with Gasteiger partial charge in [-0.1, -0.05) is 29.8 Å². The molecule has 0 spiro atoms. The number of benzene rings is 2. The molecule has 5 heteroatoms. The Labute approximate surface area is 158 Å². The summed E-state index contributed by atoms with van der Waals surface area (Å²) in [5.41, 5.74) is 2.97. The maximum absolute atomic E-state index is 12.3. The molecule has 2 aromatic rings. The molecule has 0 saturated heterocycles. The molecule has 0 radical (unpaired) electrons. The van der Waals surface area contributed by atoms with Gasteiger partial charge in [0.1, 0.15) is 0 Å². The first kappa shape index (κ1) is 18.5. The Morgan fingerprint density at radius 1 is 1.15 bits per heavy atom. The van der Waals surface area contributed by atoms with Gasteiger partial charge in [-0.25, -0.2) is 0 Å². The van der Waals surface area contributed by atoms with Gasteiger partial charge in [0.2, 0.25) is 11.8 Å². The van der Waals surface area contributed by atoms with E-state index in [1.165, 1.54) is 5.56 Å². The van der Waals surface area contributed by atoms with Gasteiger partial charge in [0.05, 0.1) is 5.25 Å². The van der Waals surface area contributed by atoms with E-state index >= 15 is 0 Å². The monoisotopic (exact) mass is 368 g/mol. The topological polar surface area (TPSA) is 58.2 Å². The first-order valence-electron chi connectivity index (χ1n) is 8.92. The zero-order valence-electron chi connectivity index (χ0n) is 15.1. The van der Waals surface area contributed by atoms with Crippen LogP contribution in [0.25, 0.3) is 0 Å². The summed E-state index contributed by atoms with van der Waals surface area (Å²) in [6.07, 6.45) is 1.97. The van der Waals surface area contributed by atoms with Crippen LogP contribution in [0.2, 0.25) is 0 Å². The van der Waals surface area contributed by atoms with Gasteiger partial charge < -0.3 is 10.6 Å². The molecule has 1 aliphatic carbocycles. The molecule has 2 amide bonds. The Balaban J connectivity index is 1.50. The number of hydrogen-bond acceptors (Lipinski definition) is 3. The standard InChI is InChI=1S/C21H24N2O2S/c1-14-6-10-19(11-7-14)26-15(2)20(24)22-13-16-4-3-5-18(12-16)23-21(25)17-8-9-17/h3-7,10-12,15,17H,8-9,13H2,1-2H3,(H,22,24)(H,23,25)/t15-/m0/s1. The number of amides is 2. The van der Waals surface area contributed by atoms with Gasteiger partial charge in [-0.3, -0.25) is 9.59 Å². The molecule has 2 aromatic carbocycles. The molecule has 2 N–H and O–H groups in total. The van der Waals surface area contributed by atoms with E-state index in [4.69, 9.17) is 0 Å². The zero-order chi connectivity index (χ0) is 18.5. The molecule has 3 rings (SSSR count). The fourth-order valence-corrected chi connectivity index (χ4v) is 3.45. The summed E-state index contributed by atoms with van der Waals surface area (Å²) in [4.78, 5) is 25.3. The maximum Gasteiger partial charge on any atom is 0.233 e. The molecule has 0 unspecified atom stereocenters. The van der Waals surface area contributed by atoms with Gasteiger partial charge in [-0.15, -0.1) is 11.8 Å². The lowest BCUT2D eigenvalue weighted by atomic mass is 10.2. The van der Waals surface area contributed by atoms with Crippen molar-refractivity contribution in [1.29, 1.82) is 0 Å². The molecule has 4 nitrogen and oxygen atoms in total. The predicted octanol–water partition coefficient (Wildman–Crippen LogP) is 4.14. The second-order valence-corrected chi connectivity index (χ2v) is 8.17. The van der Waals surface area contributed by atoms with Crippen LogP contribution in [-0.4, -0.2) is 17.1 Å². The second-order valence-electron chi connectivity index (χ2n) is 6.75. The highest BCUT2D eigenvalue weighted by Crippen LogP contribution is 2.30. The van der Waals surface area contributed by atoms with E-state index in [0.717, 1.165) is 29.0 Å². The number of nitrogens with one attached hydrogen (secondary N) is 2.